The lowest BCUT2D eigenvalue weighted by atomic mass is 9.96. The number of piperidine rings is 1. The first-order chi connectivity index (χ1) is 13.6. The fraction of sp³-hybridized carbons (Fsp3) is 0.545. The van der Waals surface area contributed by atoms with Crippen molar-refractivity contribution in [3.05, 3.63) is 53.3 Å². The Morgan fingerprint density at radius 1 is 1.14 bits per heavy atom. The van der Waals surface area contributed by atoms with E-state index >= 15 is 0 Å². The number of aryl methyl sites for hydroxylation is 2. The van der Waals surface area contributed by atoms with Gasteiger partial charge < -0.3 is 10.6 Å². The summed E-state index contributed by atoms with van der Waals surface area (Å²) in [6.45, 7) is 10.1. The number of hydrogen-bond acceptors (Lipinski definition) is 3. The highest BCUT2D eigenvalue weighted by atomic mass is 15.3. The second-order valence-electron chi connectivity index (χ2n) is 7.73. The Morgan fingerprint density at radius 3 is 2.54 bits per heavy atom. The largest absolute Gasteiger partial charge is 0.357 e. The van der Waals surface area contributed by atoms with E-state index in [-0.39, 0.29) is 0 Å². The summed E-state index contributed by atoms with van der Waals surface area (Å²) in [7, 11) is 1.95. The molecule has 1 aromatic heterocycles. The first-order valence-electron chi connectivity index (χ1n) is 10.4. The van der Waals surface area contributed by atoms with Crippen LogP contribution in [0.25, 0.3) is 0 Å². The van der Waals surface area contributed by atoms with Crippen LogP contribution in [-0.2, 0) is 20.1 Å². The lowest BCUT2D eigenvalue weighted by Gasteiger charge is -2.32. The van der Waals surface area contributed by atoms with E-state index in [1.54, 1.807) is 0 Å². The predicted molar refractivity (Wildman–Crippen MR) is 115 cm³/mol. The van der Waals surface area contributed by atoms with Crippen molar-refractivity contribution in [2.75, 3.05) is 26.2 Å². The molecule has 6 heteroatoms. The summed E-state index contributed by atoms with van der Waals surface area (Å²) in [5.41, 5.74) is 3.86. The molecule has 0 bridgehead atoms. The quantitative estimate of drug-likeness (QED) is 0.571. The molecule has 0 aliphatic carbocycles. The second-order valence-corrected chi connectivity index (χ2v) is 7.73. The summed E-state index contributed by atoms with van der Waals surface area (Å²) in [5.74, 6) is 1.60. The molecule has 2 heterocycles. The van der Waals surface area contributed by atoms with Crippen molar-refractivity contribution in [2.24, 2.45) is 18.0 Å². The van der Waals surface area contributed by atoms with Crippen LogP contribution in [0.15, 0.2) is 41.5 Å². The third-order valence-electron chi connectivity index (χ3n) is 5.46. The lowest BCUT2D eigenvalue weighted by molar-refractivity contribution is 0.178. The standard InChI is InChI=1S/C22H34N6/c1-4-23-22(25-16-21-9-12-26-27(21)3)24-15-19-10-13-28(14-11-19)17-20-7-5-18(2)6-8-20/h5-9,12,19H,4,10-11,13-17H2,1-3H3,(H2,23,24,25). The Kier molecular flexibility index (Phi) is 7.48. The summed E-state index contributed by atoms with van der Waals surface area (Å²) in [5, 5.41) is 11.1. The van der Waals surface area contributed by atoms with Crippen molar-refractivity contribution in [3.8, 4) is 0 Å². The van der Waals surface area contributed by atoms with Crippen LogP contribution < -0.4 is 10.6 Å². The van der Waals surface area contributed by atoms with Gasteiger partial charge in [-0.1, -0.05) is 29.8 Å². The average Bonchev–Trinajstić information content (AvgIpc) is 3.12. The highest BCUT2D eigenvalue weighted by Crippen LogP contribution is 2.18. The van der Waals surface area contributed by atoms with Crippen LogP contribution in [0.1, 0.15) is 36.6 Å². The Hall–Kier alpha value is -2.34. The molecule has 1 fully saturated rings. The van der Waals surface area contributed by atoms with Crippen LogP contribution in [-0.4, -0.2) is 46.8 Å². The van der Waals surface area contributed by atoms with Gasteiger partial charge in [-0.2, -0.15) is 5.10 Å². The molecule has 0 saturated carbocycles. The van der Waals surface area contributed by atoms with Crippen molar-refractivity contribution < 1.29 is 0 Å². The van der Waals surface area contributed by atoms with Gasteiger partial charge >= 0.3 is 0 Å². The molecule has 1 aromatic carbocycles. The van der Waals surface area contributed by atoms with Gasteiger partial charge in [-0.15, -0.1) is 0 Å². The lowest BCUT2D eigenvalue weighted by Crippen LogP contribution is -2.42. The Labute approximate surface area is 169 Å². The van der Waals surface area contributed by atoms with Gasteiger partial charge in [0.1, 0.15) is 0 Å². The third kappa shape index (κ3) is 6.09. The molecule has 1 aliphatic rings. The molecule has 2 aromatic rings. The van der Waals surface area contributed by atoms with Crippen LogP contribution in [0.5, 0.6) is 0 Å². The number of aromatic nitrogens is 2. The number of hydrogen-bond donors (Lipinski definition) is 2. The van der Waals surface area contributed by atoms with Gasteiger partial charge in [-0.05, 0) is 57.3 Å². The maximum atomic E-state index is 4.70. The van der Waals surface area contributed by atoms with E-state index in [9.17, 15) is 0 Å². The normalized spacial score (nSPS) is 16.3. The number of nitrogens with one attached hydrogen (secondary N) is 2. The molecular weight excluding hydrogens is 348 g/mol. The number of guanidine groups is 1. The van der Waals surface area contributed by atoms with Gasteiger partial charge in [-0.25, -0.2) is 4.99 Å². The maximum Gasteiger partial charge on any atom is 0.191 e. The minimum Gasteiger partial charge on any atom is -0.357 e. The van der Waals surface area contributed by atoms with E-state index < -0.39 is 0 Å². The summed E-state index contributed by atoms with van der Waals surface area (Å²) >= 11 is 0. The Morgan fingerprint density at radius 2 is 1.89 bits per heavy atom. The van der Waals surface area contributed by atoms with E-state index in [4.69, 9.17) is 4.99 Å². The molecule has 0 spiro atoms. The molecule has 152 valence electrons. The number of nitrogens with zero attached hydrogens (tertiary/aromatic N) is 4. The smallest absolute Gasteiger partial charge is 0.191 e. The van der Waals surface area contributed by atoms with Gasteiger partial charge in [0, 0.05) is 32.9 Å². The van der Waals surface area contributed by atoms with Crippen LogP contribution in [0.4, 0.5) is 0 Å². The van der Waals surface area contributed by atoms with Gasteiger partial charge in [0.25, 0.3) is 0 Å². The fourth-order valence-corrected chi connectivity index (χ4v) is 3.60. The van der Waals surface area contributed by atoms with Crippen molar-refractivity contribution in [3.63, 3.8) is 0 Å². The monoisotopic (exact) mass is 382 g/mol. The van der Waals surface area contributed by atoms with Crippen molar-refractivity contribution in [2.45, 2.75) is 39.8 Å². The molecule has 0 atom stereocenters. The third-order valence-corrected chi connectivity index (χ3v) is 5.46. The zero-order valence-electron chi connectivity index (χ0n) is 17.5. The van der Waals surface area contributed by atoms with Crippen LogP contribution in [0.2, 0.25) is 0 Å². The number of likely N-dealkylation sites (tertiary alicyclic amines) is 1. The molecule has 0 radical (unpaired) electrons. The van der Waals surface area contributed by atoms with Crippen LogP contribution >= 0.6 is 0 Å². The molecule has 1 saturated heterocycles. The summed E-state index contributed by atoms with van der Waals surface area (Å²) in [4.78, 5) is 7.27. The molecule has 28 heavy (non-hydrogen) atoms. The second kappa shape index (κ2) is 10.3. The predicted octanol–water partition coefficient (Wildman–Crippen LogP) is 2.70. The first-order valence-corrected chi connectivity index (χ1v) is 10.4. The Balaban J connectivity index is 1.42. The summed E-state index contributed by atoms with van der Waals surface area (Å²) in [6.07, 6.45) is 4.29. The van der Waals surface area contributed by atoms with Crippen molar-refractivity contribution in [1.29, 1.82) is 0 Å². The van der Waals surface area contributed by atoms with E-state index in [1.165, 1.54) is 37.1 Å². The van der Waals surface area contributed by atoms with Gasteiger partial charge in [-0.3, -0.25) is 9.58 Å². The molecule has 6 nitrogen and oxygen atoms in total. The summed E-state index contributed by atoms with van der Waals surface area (Å²) in [6, 6.07) is 10.9. The van der Waals surface area contributed by atoms with Crippen molar-refractivity contribution >= 4 is 5.96 Å². The first kappa shape index (κ1) is 20.4. The van der Waals surface area contributed by atoms with E-state index in [0.29, 0.717) is 12.5 Å². The SMILES string of the molecule is CCNC(=NCc1ccnn1C)NCC1CCN(Cc2ccc(C)cc2)CC1. The fourth-order valence-electron chi connectivity index (χ4n) is 3.60. The molecule has 0 amide bonds. The summed E-state index contributed by atoms with van der Waals surface area (Å²) < 4.78 is 1.87. The average molecular weight is 383 g/mol. The van der Waals surface area contributed by atoms with Gasteiger partial charge in [0.15, 0.2) is 5.96 Å². The molecule has 1 aliphatic heterocycles. The van der Waals surface area contributed by atoms with E-state index in [0.717, 1.165) is 31.3 Å². The maximum absolute atomic E-state index is 4.70. The van der Waals surface area contributed by atoms with Crippen LogP contribution in [0.3, 0.4) is 0 Å². The number of benzene rings is 1. The zero-order chi connectivity index (χ0) is 19.8. The number of rotatable bonds is 7. The van der Waals surface area contributed by atoms with Gasteiger partial charge in [0.05, 0.1) is 12.2 Å². The zero-order valence-corrected chi connectivity index (χ0v) is 17.5. The number of aliphatic imine (C=N–C) groups is 1. The molecular formula is C22H34N6. The van der Waals surface area contributed by atoms with Gasteiger partial charge in [0.2, 0.25) is 0 Å². The van der Waals surface area contributed by atoms with Crippen molar-refractivity contribution in [1.82, 2.24) is 25.3 Å². The topological polar surface area (TPSA) is 57.5 Å². The minimum atomic E-state index is 0.640. The molecule has 0 unspecified atom stereocenters. The molecule has 3 rings (SSSR count). The Bertz CT molecular complexity index is 741. The van der Waals surface area contributed by atoms with E-state index in [2.05, 4.69) is 58.7 Å². The van der Waals surface area contributed by atoms with E-state index in [1.807, 2.05) is 24.0 Å². The minimum absolute atomic E-state index is 0.640. The highest BCUT2D eigenvalue weighted by Gasteiger charge is 2.19. The van der Waals surface area contributed by atoms with Crippen LogP contribution in [0, 0.1) is 12.8 Å². The molecule has 2 N–H and O–H groups in total. The highest BCUT2D eigenvalue weighted by molar-refractivity contribution is 5.79.